The van der Waals surface area contributed by atoms with Crippen LogP contribution in [0, 0.1) is 6.92 Å². The molecule has 0 saturated heterocycles. The van der Waals surface area contributed by atoms with Gasteiger partial charge >= 0.3 is 0 Å². The lowest BCUT2D eigenvalue weighted by Gasteiger charge is -2.18. The second-order valence-electron chi connectivity index (χ2n) is 6.17. The van der Waals surface area contributed by atoms with Crippen molar-refractivity contribution in [3.8, 4) is 0 Å². The molecule has 3 rings (SSSR count). The molecular weight excluding hydrogens is 320 g/mol. The van der Waals surface area contributed by atoms with Crippen LogP contribution in [0.5, 0.6) is 0 Å². The fourth-order valence-electron chi connectivity index (χ4n) is 2.69. The van der Waals surface area contributed by atoms with E-state index < -0.39 is 0 Å². The maximum atomic E-state index is 12.3. The van der Waals surface area contributed by atoms with Crippen molar-refractivity contribution in [1.29, 1.82) is 0 Å². The molecular formula is C19H22N2O2S. The van der Waals surface area contributed by atoms with Gasteiger partial charge in [0.25, 0.3) is 0 Å². The van der Waals surface area contributed by atoms with Crippen molar-refractivity contribution in [3.05, 3.63) is 58.0 Å². The number of likely N-dealkylation sites (N-methyl/N-ethyl adjacent to an activating group) is 1. The Hall–Kier alpha value is -2.11. The Bertz CT molecular complexity index is 804. The number of rotatable bonds is 6. The van der Waals surface area contributed by atoms with Crippen molar-refractivity contribution >= 4 is 28.2 Å². The molecule has 0 aliphatic carbocycles. The highest BCUT2D eigenvalue weighted by molar-refractivity contribution is 7.10. The molecule has 0 aliphatic rings. The Labute approximate surface area is 146 Å². The van der Waals surface area contributed by atoms with Gasteiger partial charge in [0.15, 0.2) is 0 Å². The van der Waals surface area contributed by atoms with Gasteiger partial charge in [-0.2, -0.15) is 0 Å². The smallest absolute Gasteiger partial charge is 0.234 e. The topological polar surface area (TPSA) is 45.5 Å². The largest absolute Gasteiger partial charge is 0.459 e. The van der Waals surface area contributed by atoms with Crippen molar-refractivity contribution in [2.75, 3.05) is 13.6 Å². The molecule has 0 fully saturated rings. The van der Waals surface area contributed by atoms with Gasteiger partial charge in [-0.1, -0.05) is 18.2 Å². The summed E-state index contributed by atoms with van der Waals surface area (Å²) in [6, 6.07) is 11.8. The van der Waals surface area contributed by atoms with Crippen molar-refractivity contribution in [2.24, 2.45) is 0 Å². The van der Waals surface area contributed by atoms with Crippen molar-refractivity contribution < 1.29 is 9.21 Å². The number of para-hydroxylation sites is 1. The Morgan fingerprint density at radius 2 is 2.12 bits per heavy atom. The number of carbonyl (C=O) groups is 1. The second-order valence-corrected chi connectivity index (χ2v) is 7.18. The van der Waals surface area contributed by atoms with Gasteiger partial charge in [0, 0.05) is 16.8 Å². The minimum Gasteiger partial charge on any atom is -0.459 e. The van der Waals surface area contributed by atoms with Gasteiger partial charge in [-0.05, 0) is 50.0 Å². The molecule has 1 atom stereocenters. The van der Waals surface area contributed by atoms with Gasteiger partial charge in [-0.25, -0.2) is 0 Å². The lowest BCUT2D eigenvalue weighted by Crippen LogP contribution is -2.36. The summed E-state index contributed by atoms with van der Waals surface area (Å²) in [5.41, 5.74) is 2.13. The summed E-state index contributed by atoms with van der Waals surface area (Å²) < 4.78 is 5.81. The van der Waals surface area contributed by atoms with E-state index in [1.54, 1.807) is 11.3 Å². The van der Waals surface area contributed by atoms with Crippen LogP contribution in [-0.2, 0) is 11.3 Å². The Morgan fingerprint density at radius 1 is 1.33 bits per heavy atom. The molecule has 0 aliphatic heterocycles. The molecule has 24 heavy (non-hydrogen) atoms. The third kappa shape index (κ3) is 3.86. The van der Waals surface area contributed by atoms with Crippen LogP contribution in [0.25, 0.3) is 11.0 Å². The molecule has 0 spiro atoms. The number of thiophene rings is 1. The van der Waals surface area contributed by atoms with Crippen LogP contribution in [0.2, 0.25) is 0 Å². The number of furan rings is 1. The highest BCUT2D eigenvalue weighted by Crippen LogP contribution is 2.23. The molecule has 3 aromatic rings. The maximum Gasteiger partial charge on any atom is 0.234 e. The maximum absolute atomic E-state index is 12.3. The summed E-state index contributed by atoms with van der Waals surface area (Å²) in [6.07, 6.45) is 0. The van der Waals surface area contributed by atoms with Crippen LogP contribution < -0.4 is 5.32 Å². The summed E-state index contributed by atoms with van der Waals surface area (Å²) in [5.74, 6) is 0.779. The minimum atomic E-state index is -0.151. The minimum absolute atomic E-state index is 0.000310. The van der Waals surface area contributed by atoms with E-state index in [1.807, 2.05) is 49.2 Å². The van der Waals surface area contributed by atoms with E-state index >= 15 is 0 Å². The molecule has 0 saturated carbocycles. The lowest BCUT2D eigenvalue weighted by molar-refractivity contribution is -0.122. The molecule has 2 aromatic heterocycles. The van der Waals surface area contributed by atoms with Crippen molar-refractivity contribution in [1.82, 2.24) is 10.2 Å². The zero-order chi connectivity index (χ0) is 17.1. The highest BCUT2D eigenvalue weighted by atomic mass is 32.1. The average Bonchev–Trinajstić information content (AvgIpc) is 3.13. The molecule has 1 N–H and O–H groups in total. The number of fused-ring (bicyclic) bond motifs is 1. The zero-order valence-corrected chi connectivity index (χ0v) is 15.0. The quantitative estimate of drug-likeness (QED) is 0.733. The Balaban J connectivity index is 1.56. The van der Waals surface area contributed by atoms with E-state index in [-0.39, 0.29) is 11.9 Å². The van der Waals surface area contributed by atoms with Crippen LogP contribution in [0.1, 0.15) is 29.2 Å². The molecule has 1 aromatic carbocycles. The third-order valence-corrected chi connectivity index (χ3v) is 5.05. The number of nitrogens with zero attached hydrogens (tertiary/aromatic N) is 1. The number of hydrogen-bond acceptors (Lipinski definition) is 4. The van der Waals surface area contributed by atoms with Gasteiger partial charge in [0.05, 0.1) is 12.6 Å². The van der Waals surface area contributed by atoms with E-state index in [0.29, 0.717) is 6.54 Å². The van der Waals surface area contributed by atoms with Gasteiger partial charge in [-0.15, -0.1) is 11.3 Å². The number of hydrogen-bond donors (Lipinski definition) is 1. The molecule has 0 unspecified atom stereocenters. The first-order valence-electron chi connectivity index (χ1n) is 8.02. The summed E-state index contributed by atoms with van der Waals surface area (Å²) in [6.45, 7) is 5.19. The van der Waals surface area contributed by atoms with Gasteiger partial charge in [-0.3, -0.25) is 9.69 Å². The Kier molecular flexibility index (Phi) is 5.02. The predicted molar refractivity (Wildman–Crippen MR) is 98.2 cm³/mol. The molecule has 126 valence electrons. The zero-order valence-electron chi connectivity index (χ0n) is 14.2. The number of nitrogens with one attached hydrogen (secondary N) is 1. The van der Waals surface area contributed by atoms with Gasteiger partial charge in [0.1, 0.15) is 11.3 Å². The summed E-state index contributed by atoms with van der Waals surface area (Å²) in [7, 11) is 1.96. The van der Waals surface area contributed by atoms with E-state index in [9.17, 15) is 4.79 Å². The monoisotopic (exact) mass is 342 g/mol. The van der Waals surface area contributed by atoms with Gasteiger partial charge < -0.3 is 9.73 Å². The molecule has 2 heterocycles. The van der Waals surface area contributed by atoms with E-state index in [2.05, 4.69) is 23.7 Å². The second kappa shape index (κ2) is 7.20. The average molecular weight is 342 g/mol. The van der Waals surface area contributed by atoms with Crippen LogP contribution in [0.15, 0.2) is 46.2 Å². The molecule has 0 radical (unpaired) electrons. The highest BCUT2D eigenvalue weighted by Gasteiger charge is 2.15. The molecule has 5 heteroatoms. The predicted octanol–water partition coefficient (Wildman–Crippen LogP) is 4.11. The van der Waals surface area contributed by atoms with Crippen molar-refractivity contribution in [3.63, 3.8) is 0 Å². The first-order chi connectivity index (χ1) is 11.5. The van der Waals surface area contributed by atoms with Crippen LogP contribution in [-0.4, -0.2) is 24.4 Å². The van der Waals surface area contributed by atoms with Crippen LogP contribution in [0.3, 0.4) is 0 Å². The number of benzene rings is 1. The van der Waals surface area contributed by atoms with Crippen LogP contribution in [0.4, 0.5) is 0 Å². The fraction of sp³-hybridized carbons (Fsp3) is 0.316. The standard InChI is InChI=1S/C19H22N2O2S/c1-13-8-9-24-18(13)11-21(3)12-19(22)20-14(2)17-10-15-6-4-5-7-16(15)23-17/h4-10,14H,11-12H2,1-3H3,(H,20,22)/t14-/m1/s1. The van der Waals surface area contributed by atoms with E-state index in [1.165, 1.54) is 10.4 Å². The van der Waals surface area contributed by atoms with Gasteiger partial charge in [0.2, 0.25) is 5.91 Å². The Morgan fingerprint density at radius 3 is 2.83 bits per heavy atom. The van der Waals surface area contributed by atoms with E-state index in [0.717, 1.165) is 23.3 Å². The SMILES string of the molecule is Cc1ccsc1CN(C)CC(=O)N[C@H](C)c1cc2ccccc2o1. The lowest BCUT2D eigenvalue weighted by atomic mass is 10.2. The first-order valence-corrected chi connectivity index (χ1v) is 8.90. The van der Waals surface area contributed by atoms with Crippen molar-refractivity contribution in [2.45, 2.75) is 26.4 Å². The molecule has 0 bridgehead atoms. The molecule has 4 nitrogen and oxygen atoms in total. The summed E-state index contributed by atoms with van der Waals surface area (Å²) in [4.78, 5) is 15.6. The summed E-state index contributed by atoms with van der Waals surface area (Å²) in [5, 5.41) is 6.15. The first kappa shape index (κ1) is 16.7. The fourth-order valence-corrected chi connectivity index (χ4v) is 3.67. The number of carbonyl (C=O) groups excluding carboxylic acids is 1. The van der Waals surface area contributed by atoms with Crippen LogP contribution >= 0.6 is 11.3 Å². The normalized spacial score (nSPS) is 12.7. The summed E-state index contributed by atoms with van der Waals surface area (Å²) >= 11 is 1.73. The number of aryl methyl sites for hydroxylation is 1. The molecule has 1 amide bonds. The third-order valence-electron chi connectivity index (χ3n) is 4.04. The van der Waals surface area contributed by atoms with E-state index in [4.69, 9.17) is 4.42 Å². The number of amides is 1.